The highest BCUT2D eigenvalue weighted by molar-refractivity contribution is 7.13. The van der Waals surface area contributed by atoms with Crippen molar-refractivity contribution < 1.29 is 22.4 Å². The molecule has 28 heavy (non-hydrogen) atoms. The molecule has 2 aromatic heterocycles. The molecule has 0 aliphatic carbocycles. The zero-order valence-corrected chi connectivity index (χ0v) is 15.6. The Kier molecular flexibility index (Phi) is 5.78. The molecule has 3 aromatic rings. The molecule has 0 radical (unpaired) electrons. The van der Waals surface area contributed by atoms with Gasteiger partial charge in [0.25, 0.3) is 5.91 Å². The molecule has 148 valence electrons. The van der Waals surface area contributed by atoms with Gasteiger partial charge in [0.2, 0.25) is 5.82 Å². The number of nitrogens with zero attached hydrogens (tertiary/aromatic N) is 4. The fourth-order valence-electron chi connectivity index (χ4n) is 2.64. The summed E-state index contributed by atoms with van der Waals surface area (Å²) in [7, 11) is 0. The molecule has 0 spiro atoms. The van der Waals surface area contributed by atoms with Gasteiger partial charge in [-0.25, -0.2) is 14.1 Å². The molecule has 3 rings (SSSR count). The lowest BCUT2D eigenvalue weighted by Crippen LogP contribution is -2.40. The van der Waals surface area contributed by atoms with Crippen LogP contribution in [0.5, 0.6) is 0 Å². The van der Waals surface area contributed by atoms with E-state index in [2.05, 4.69) is 10.1 Å². The van der Waals surface area contributed by atoms with Gasteiger partial charge in [-0.15, -0.1) is 16.4 Å². The Balaban J connectivity index is 2.04. The van der Waals surface area contributed by atoms with E-state index in [-0.39, 0.29) is 18.2 Å². The number of carbonyl (C=O) groups is 1. The Hall–Kier alpha value is -2.75. The summed E-state index contributed by atoms with van der Waals surface area (Å²) in [5.41, 5.74) is 0.313. The Morgan fingerprint density at radius 1 is 1.25 bits per heavy atom. The first-order chi connectivity index (χ1) is 13.3. The van der Waals surface area contributed by atoms with Crippen molar-refractivity contribution in [1.29, 1.82) is 0 Å². The summed E-state index contributed by atoms with van der Waals surface area (Å²) in [5, 5.41) is 5.88. The van der Waals surface area contributed by atoms with Crippen molar-refractivity contribution in [2.24, 2.45) is 0 Å². The molecule has 0 bridgehead atoms. The van der Waals surface area contributed by atoms with Crippen LogP contribution in [-0.2, 0) is 0 Å². The van der Waals surface area contributed by atoms with Crippen LogP contribution < -0.4 is 0 Å². The minimum absolute atomic E-state index is 0.0822. The number of thiophene rings is 1. The topological polar surface area (TPSA) is 51.0 Å². The van der Waals surface area contributed by atoms with Crippen LogP contribution in [0.2, 0.25) is 0 Å². The third-order valence-electron chi connectivity index (χ3n) is 3.74. The van der Waals surface area contributed by atoms with Gasteiger partial charge in [-0.2, -0.15) is 13.2 Å². The second-order valence-electron chi connectivity index (χ2n) is 5.97. The molecule has 0 saturated heterocycles. The monoisotopic (exact) mass is 412 g/mol. The van der Waals surface area contributed by atoms with Gasteiger partial charge in [0.15, 0.2) is 5.82 Å². The van der Waals surface area contributed by atoms with E-state index in [1.54, 1.807) is 30.5 Å². The zero-order chi connectivity index (χ0) is 20.3. The van der Waals surface area contributed by atoms with Gasteiger partial charge in [0, 0.05) is 6.54 Å². The third-order valence-corrected chi connectivity index (χ3v) is 4.61. The molecule has 10 heteroatoms. The Labute approximate surface area is 162 Å². The lowest BCUT2D eigenvalue weighted by Gasteiger charge is -2.21. The highest BCUT2D eigenvalue weighted by atomic mass is 32.1. The van der Waals surface area contributed by atoms with E-state index in [1.807, 2.05) is 0 Å². The van der Waals surface area contributed by atoms with Crippen molar-refractivity contribution in [3.8, 4) is 16.4 Å². The number of aromatic nitrogens is 3. The highest BCUT2D eigenvalue weighted by Crippen LogP contribution is 2.26. The maximum Gasteiger partial charge on any atom is 0.406 e. The average Bonchev–Trinajstić information content (AvgIpc) is 3.29. The number of carbonyl (C=O) groups excluding carboxylic acids is 1. The van der Waals surface area contributed by atoms with Crippen LogP contribution in [-0.4, -0.2) is 44.8 Å². The first-order valence-electron chi connectivity index (χ1n) is 8.41. The summed E-state index contributed by atoms with van der Waals surface area (Å²) in [6, 6.07) is 9.00. The Bertz CT molecular complexity index is 953. The molecular weight excluding hydrogens is 396 g/mol. The third kappa shape index (κ3) is 4.56. The van der Waals surface area contributed by atoms with Crippen LogP contribution in [0.15, 0.2) is 41.8 Å². The molecule has 0 aliphatic heterocycles. The number of halogens is 4. The molecule has 0 N–H and O–H groups in total. The maximum atomic E-state index is 13.6. The van der Waals surface area contributed by atoms with E-state index >= 15 is 0 Å². The van der Waals surface area contributed by atoms with Gasteiger partial charge in [-0.3, -0.25) is 4.79 Å². The van der Waals surface area contributed by atoms with Crippen LogP contribution in [0.25, 0.3) is 16.4 Å². The van der Waals surface area contributed by atoms with Crippen molar-refractivity contribution in [2.75, 3.05) is 13.1 Å². The smallest absolute Gasteiger partial charge is 0.327 e. The molecular formula is C18H16F4N4OS. The second-order valence-corrected chi connectivity index (χ2v) is 6.92. The van der Waals surface area contributed by atoms with Crippen LogP contribution in [0, 0.1) is 5.82 Å². The molecule has 1 amide bonds. The van der Waals surface area contributed by atoms with Crippen molar-refractivity contribution in [2.45, 2.75) is 19.5 Å². The van der Waals surface area contributed by atoms with E-state index < -0.39 is 24.4 Å². The van der Waals surface area contributed by atoms with Crippen molar-refractivity contribution >= 4 is 17.2 Å². The van der Waals surface area contributed by atoms with E-state index in [0.29, 0.717) is 21.9 Å². The number of rotatable bonds is 6. The van der Waals surface area contributed by atoms with Crippen LogP contribution in [0.1, 0.15) is 24.0 Å². The normalized spacial score (nSPS) is 11.6. The van der Waals surface area contributed by atoms with Crippen LogP contribution in [0.4, 0.5) is 17.6 Å². The van der Waals surface area contributed by atoms with Gasteiger partial charge in [-0.1, -0.05) is 19.1 Å². The number of hydrogen-bond donors (Lipinski definition) is 0. The largest absolute Gasteiger partial charge is 0.406 e. The Morgan fingerprint density at radius 3 is 2.64 bits per heavy atom. The van der Waals surface area contributed by atoms with E-state index in [1.165, 1.54) is 34.2 Å². The zero-order valence-electron chi connectivity index (χ0n) is 14.8. The van der Waals surface area contributed by atoms with Gasteiger partial charge >= 0.3 is 6.18 Å². The number of benzene rings is 1. The van der Waals surface area contributed by atoms with Crippen molar-refractivity contribution in [1.82, 2.24) is 19.7 Å². The summed E-state index contributed by atoms with van der Waals surface area (Å²) in [4.78, 5) is 18.2. The van der Waals surface area contributed by atoms with Gasteiger partial charge < -0.3 is 4.90 Å². The van der Waals surface area contributed by atoms with Crippen molar-refractivity contribution in [3.05, 3.63) is 53.4 Å². The summed E-state index contributed by atoms with van der Waals surface area (Å²) in [6.45, 7) is 0.205. The molecule has 1 aromatic carbocycles. The predicted octanol–water partition coefficient (Wildman–Crippen LogP) is 4.55. The fourth-order valence-corrected chi connectivity index (χ4v) is 3.33. The maximum absolute atomic E-state index is 13.6. The number of hydrogen-bond acceptors (Lipinski definition) is 4. The second kappa shape index (κ2) is 8.09. The lowest BCUT2D eigenvalue weighted by molar-refractivity contribution is -0.140. The SMILES string of the molecule is CCCN(CC(F)(F)F)C(=O)c1nc(-c2cccs2)n(-c2cccc(F)c2)n1. The quantitative estimate of drug-likeness (QED) is 0.558. The van der Waals surface area contributed by atoms with Crippen LogP contribution >= 0.6 is 11.3 Å². The van der Waals surface area contributed by atoms with Gasteiger partial charge in [-0.05, 0) is 36.1 Å². The molecule has 0 unspecified atom stereocenters. The molecule has 5 nitrogen and oxygen atoms in total. The lowest BCUT2D eigenvalue weighted by atomic mass is 10.3. The predicted molar refractivity (Wildman–Crippen MR) is 96.9 cm³/mol. The Morgan fingerprint density at radius 2 is 2.04 bits per heavy atom. The molecule has 0 saturated carbocycles. The van der Waals surface area contributed by atoms with E-state index in [9.17, 15) is 22.4 Å². The molecule has 0 fully saturated rings. The summed E-state index contributed by atoms with van der Waals surface area (Å²) in [6.07, 6.45) is -4.18. The molecule has 0 atom stereocenters. The van der Waals surface area contributed by atoms with Crippen molar-refractivity contribution in [3.63, 3.8) is 0 Å². The summed E-state index contributed by atoms with van der Waals surface area (Å²) >= 11 is 1.32. The fraction of sp³-hybridized carbons (Fsp3) is 0.278. The summed E-state index contributed by atoms with van der Waals surface area (Å²) in [5.74, 6) is -1.55. The van der Waals surface area contributed by atoms with E-state index in [0.717, 1.165) is 0 Å². The number of alkyl halides is 3. The highest BCUT2D eigenvalue weighted by Gasteiger charge is 2.34. The number of amides is 1. The minimum atomic E-state index is -4.54. The average molecular weight is 412 g/mol. The standard InChI is InChI=1S/C18H16F4N4OS/c1-2-8-25(11-18(20,21)22)17(27)15-23-16(14-7-4-9-28-14)26(24-15)13-6-3-5-12(19)10-13/h3-7,9-10H,2,8,11H2,1H3. The van der Waals surface area contributed by atoms with Gasteiger partial charge in [0.05, 0.1) is 10.6 Å². The minimum Gasteiger partial charge on any atom is -0.327 e. The first-order valence-corrected chi connectivity index (χ1v) is 9.29. The first kappa shape index (κ1) is 20.0. The molecule has 0 aliphatic rings. The molecule has 2 heterocycles. The summed E-state index contributed by atoms with van der Waals surface area (Å²) < 4.78 is 53.4. The van der Waals surface area contributed by atoms with Crippen LogP contribution in [0.3, 0.4) is 0 Å². The van der Waals surface area contributed by atoms with E-state index in [4.69, 9.17) is 0 Å². The van der Waals surface area contributed by atoms with Gasteiger partial charge in [0.1, 0.15) is 12.4 Å².